The Hall–Kier alpha value is -0.970. The first-order chi connectivity index (χ1) is 8.81. The van der Waals surface area contributed by atoms with Gasteiger partial charge in [0.05, 0.1) is 5.56 Å². The molecule has 1 N–H and O–H groups in total. The second-order valence-electron chi connectivity index (χ2n) is 5.02. The summed E-state index contributed by atoms with van der Waals surface area (Å²) in [6.07, 6.45) is 0.908. The summed E-state index contributed by atoms with van der Waals surface area (Å²) in [6.45, 7) is 6.07. The Morgan fingerprint density at radius 3 is 2.53 bits per heavy atom. The lowest BCUT2D eigenvalue weighted by atomic mass is 10.1. The van der Waals surface area contributed by atoms with Crippen molar-refractivity contribution < 1.29 is 13.6 Å². The number of nitrogens with one attached hydrogen (secondary N) is 1. The Kier molecular flexibility index (Phi) is 5.91. The minimum Gasteiger partial charge on any atom is -0.351 e. The summed E-state index contributed by atoms with van der Waals surface area (Å²) in [6, 6.07) is 1.97. The van der Waals surface area contributed by atoms with Gasteiger partial charge in [-0.2, -0.15) is 0 Å². The van der Waals surface area contributed by atoms with E-state index < -0.39 is 17.5 Å². The van der Waals surface area contributed by atoms with Crippen LogP contribution < -0.4 is 5.32 Å². The van der Waals surface area contributed by atoms with Crippen LogP contribution >= 0.6 is 15.9 Å². The van der Waals surface area contributed by atoms with Crippen LogP contribution in [0.15, 0.2) is 12.1 Å². The van der Waals surface area contributed by atoms with Gasteiger partial charge in [0.15, 0.2) is 0 Å². The minimum atomic E-state index is -0.837. The zero-order valence-electron chi connectivity index (χ0n) is 11.3. The van der Waals surface area contributed by atoms with E-state index in [0.29, 0.717) is 12.5 Å². The lowest BCUT2D eigenvalue weighted by molar-refractivity contribution is 0.0949. The number of alkyl halides is 1. The predicted octanol–water partition coefficient (Wildman–Crippen LogP) is 3.81. The fourth-order valence-electron chi connectivity index (χ4n) is 1.72. The van der Waals surface area contributed by atoms with E-state index in [1.165, 1.54) is 13.0 Å². The highest BCUT2D eigenvalue weighted by atomic mass is 79.9. The number of aryl methyl sites for hydroxylation is 1. The summed E-state index contributed by atoms with van der Waals surface area (Å²) >= 11 is 3.46. The van der Waals surface area contributed by atoms with Crippen molar-refractivity contribution in [3.05, 3.63) is 34.9 Å². The van der Waals surface area contributed by atoms with Gasteiger partial charge in [0.25, 0.3) is 5.91 Å². The van der Waals surface area contributed by atoms with E-state index in [9.17, 15) is 13.6 Å². The molecule has 0 aliphatic carbocycles. The molecule has 0 radical (unpaired) electrons. The lowest BCUT2D eigenvalue weighted by Crippen LogP contribution is -2.30. The van der Waals surface area contributed by atoms with Crippen molar-refractivity contribution in [2.45, 2.75) is 32.0 Å². The maximum Gasteiger partial charge on any atom is 0.254 e. The summed E-state index contributed by atoms with van der Waals surface area (Å²) in [5, 5.41) is 2.64. The lowest BCUT2D eigenvalue weighted by Gasteiger charge is -2.13. The molecule has 0 heterocycles. The minimum absolute atomic E-state index is 0.122. The number of carbonyl (C=O) groups excluding carboxylic acids is 1. The van der Waals surface area contributed by atoms with Crippen LogP contribution in [-0.4, -0.2) is 17.3 Å². The third kappa shape index (κ3) is 4.90. The molecule has 0 bridgehead atoms. The molecule has 1 aromatic carbocycles. The predicted molar refractivity (Wildman–Crippen MR) is 75.6 cm³/mol. The fourth-order valence-corrected chi connectivity index (χ4v) is 2.63. The maximum absolute atomic E-state index is 13.5. The van der Waals surface area contributed by atoms with E-state index in [2.05, 4.69) is 35.1 Å². The SMILES string of the molecule is Cc1cc(C(=O)NCC(Br)CC(C)C)c(F)cc1F. The molecule has 1 aromatic rings. The van der Waals surface area contributed by atoms with Crippen molar-refractivity contribution in [1.82, 2.24) is 5.32 Å². The summed E-state index contributed by atoms with van der Waals surface area (Å²) in [4.78, 5) is 12.0. The van der Waals surface area contributed by atoms with E-state index in [1.807, 2.05) is 0 Å². The smallest absolute Gasteiger partial charge is 0.254 e. The van der Waals surface area contributed by atoms with Gasteiger partial charge in [-0.15, -0.1) is 0 Å². The highest BCUT2D eigenvalue weighted by Crippen LogP contribution is 2.15. The molecule has 106 valence electrons. The van der Waals surface area contributed by atoms with Crippen LogP contribution in [0.2, 0.25) is 0 Å². The zero-order valence-corrected chi connectivity index (χ0v) is 12.9. The zero-order chi connectivity index (χ0) is 14.6. The first kappa shape index (κ1) is 16.1. The number of hydrogen-bond donors (Lipinski definition) is 1. The number of carbonyl (C=O) groups is 1. The molecule has 1 unspecified atom stereocenters. The van der Waals surface area contributed by atoms with Crippen LogP contribution in [0.4, 0.5) is 8.78 Å². The Balaban J connectivity index is 2.66. The van der Waals surface area contributed by atoms with Crippen LogP contribution in [0, 0.1) is 24.5 Å². The van der Waals surface area contributed by atoms with Crippen molar-refractivity contribution in [3.8, 4) is 0 Å². The number of benzene rings is 1. The van der Waals surface area contributed by atoms with Gasteiger partial charge in [-0.3, -0.25) is 4.79 Å². The van der Waals surface area contributed by atoms with E-state index in [-0.39, 0.29) is 16.0 Å². The summed E-state index contributed by atoms with van der Waals surface area (Å²) < 4.78 is 26.6. The molecule has 0 aliphatic heterocycles. The van der Waals surface area contributed by atoms with Crippen molar-refractivity contribution in [3.63, 3.8) is 0 Å². The Morgan fingerprint density at radius 2 is 1.95 bits per heavy atom. The van der Waals surface area contributed by atoms with Gasteiger partial charge >= 0.3 is 0 Å². The number of halogens is 3. The molecule has 0 saturated carbocycles. The van der Waals surface area contributed by atoms with E-state index in [4.69, 9.17) is 0 Å². The highest BCUT2D eigenvalue weighted by Gasteiger charge is 2.15. The Bertz CT molecular complexity index is 463. The molecule has 1 amide bonds. The van der Waals surface area contributed by atoms with Gasteiger partial charge < -0.3 is 5.32 Å². The Morgan fingerprint density at radius 1 is 1.32 bits per heavy atom. The second kappa shape index (κ2) is 6.98. The van der Waals surface area contributed by atoms with Crippen LogP contribution in [0.3, 0.4) is 0 Å². The van der Waals surface area contributed by atoms with Crippen LogP contribution in [0.5, 0.6) is 0 Å². The molecule has 0 spiro atoms. The van der Waals surface area contributed by atoms with Crippen molar-refractivity contribution in [2.24, 2.45) is 5.92 Å². The van der Waals surface area contributed by atoms with E-state index >= 15 is 0 Å². The van der Waals surface area contributed by atoms with Crippen LogP contribution in [0.25, 0.3) is 0 Å². The highest BCUT2D eigenvalue weighted by molar-refractivity contribution is 9.09. The third-order valence-corrected chi connectivity index (χ3v) is 3.40. The standard InChI is InChI=1S/C14H18BrF2NO/c1-8(2)4-10(15)7-18-14(19)11-5-9(3)12(16)6-13(11)17/h5-6,8,10H,4,7H2,1-3H3,(H,18,19). The number of hydrogen-bond acceptors (Lipinski definition) is 1. The van der Waals surface area contributed by atoms with Gasteiger partial charge in [-0.05, 0) is 30.9 Å². The van der Waals surface area contributed by atoms with Crippen LogP contribution in [0.1, 0.15) is 36.2 Å². The Labute approximate surface area is 120 Å². The van der Waals surface area contributed by atoms with Gasteiger partial charge in [0.1, 0.15) is 11.6 Å². The molecule has 0 aromatic heterocycles. The molecular formula is C14H18BrF2NO. The van der Waals surface area contributed by atoms with Crippen molar-refractivity contribution >= 4 is 21.8 Å². The topological polar surface area (TPSA) is 29.1 Å². The molecule has 5 heteroatoms. The number of amides is 1. The molecule has 2 nitrogen and oxygen atoms in total. The van der Waals surface area contributed by atoms with Crippen LogP contribution in [-0.2, 0) is 0 Å². The summed E-state index contributed by atoms with van der Waals surface area (Å²) in [7, 11) is 0. The quantitative estimate of drug-likeness (QED) is 0.815. The normalized spacial score (nSPS) is 12.6. The molecule has 0 fully saturated rings. The molecule has 0 aliphatic rings. The second-order valence-corrected chi connectivity index (χ2v) is 6.31. The molecule has 1 rings (SSSR count). The average Bonchev–Trinajstić information content (AvgIpc) is 2.30. The molecule has 1 atom stereocenters. The van der Waals surface area contributed by atoms with E-state index in [0.717, 1.165) is 12.5 Å². The van der Waals surface area contributed by atoms with Gasteiger partial charge in [-0.1, -0.05) is 29.8 Å². The molecular weight excluding hydrogens is 316 g/mol. The number of rotatable bonds is 5. The molecule has 0 saturated heterocycles. The monoisotopic (exact) mass is 333 g/mol. The van der Waals surface area contributed by atoms with E-state index in [1.54, 1.807) is 0 Å². The third-order valence-electron chi connectivity index (χ3n) is 2.70. The fraction of sp³-hybridized carbons (Fsp3) is 0.500. The van der Waals surface area contributed by atoms with Gasteiger partial charge in [0.2, 0.25) is 0 Å². The van der Waals surface area contributed by atoms with Gasteiger partial charge in [-0.25, -0.2) is 8.78 Å². The maximum atomic E-state index is 13.5. The first-order valence-corrected chi connectivity index (χ1v) is 7.10. The van der Waals surface area contributed by atoms with Crippen molar-refractivity contribution in [1.29, 1.82) is 0 Å². The largest absolute Gasteiger partial charge is 0.351 e. The summed E-state index contributed by atoms with van der Waals surface area (Å²) in [5.41, 5.74) is 0.132. The first-order valence-electron chi connectivity index (χ1n) is 6.19. The van der Waals surface area contributed by atoms with Crippen molar-refractivity contribution in [2.75, 3.05) is 6.54 Å². The average molecular weight is 334 g/mol. The molecule has 19 heavy (non-hydrogen) atoms. The van der Waals surface area contributed by atoms with Gasteiger partial charge in [0, 0.05) is 17.4 Å². The summed E-state index contributed by atoms with van der Waals surface area (Å²) in [5.74, 6) is -1.50.